The number of carbonyl (C=O) groups excluding carboxylic acids is 1. The molecular weight excluding hydrogens is 226 g/mol. The zero-order valence-corrected chi connectivity index (χ0v) is 12.0. The first kappa shape index (κ1) is 14.7. The van der Waals surface area contributed by atoms with Gasteiger partial charge in [0.25, 0.3) is 5.91 Å². The third-order valence-electron chi connectivity index (χ3n) is 3.13. The molecule has 0 unspecified atom stereocenters. The Morgan fingerprint density at radius 2 is 1.72 bits per heavy atom. The average Bonchev–Trinajstić information content (AvgIpc) is 2.37. The van der Waals surface area contributed by atoms with Crippen LogP contribution in [-0.2, 0) is 4.74 Å². The fourth-order valence-electron chi connectivity index (χ4n) is 1.91. The van der Waals surface area contributed by atoms with Gasteiger partial charge in [-0.2, -0.15) is 0 Å². The summed E-state index contributed by atoms with van der Waals surface area (Å²) in [5, 5.41) is 0. The second-order valence-corrected chi connectivity index (χ2v) is 4.68. The van der Waals surface area contributed by atoms with Gasteiger partial charge in [-0.1, -0.05) is 31.5 Å². The first-order chi connectivity index (χ1) is 8.54. The molecule has 1 aromatic rings. The molecule has 1 aliphatic rings. The summed E-state index contributed by atoms with van der Waals surface area (Å²) in [7, 11) is 1.69. The molecule has 3 nitrogen and oxygen atoms in total. The molecule has 100 valence electrons. The molecule has 18 heavy (non-hydrogen) atoms. The number of hydrogen-bond acceptors (Lipinski definition) is 2. The Hall–Kier alpha value is -1.35. The van der Waals surface area contributed by atoms with E-state index in [0.29, 0.717) is 13.1 Å². The second kappa shape index (κ2) is 6.01. The van der Waals surface area contributed by atoms with Crippen molar-refractivity contribution in [1.82, 2.24) is 4.90 Å². The molecule has 0 aromatic heterocycles. The summed E-state index contributed by atoms with van der Waals surface area (Å²) in [6, 6.07) is 7.67. The van der Waals surface area contributed by atoms with Crippen LogP contribution in [-0.4, -0.2) is 36.6 Å². The number of methoxy groups -OCH3 is 1. The molecular formula is C15H23NO2. The van der Waals surface area contributed by atoms with E-state index < -0.39 is 0 Å². The fraction of sp³-hybridized carbons (Fsp3) is 0.533. The Bertz CT molecular complexity index is 391. The Kier molecular flexibility index (Phi) is 4.91. The average molecular weight is 249 g/mol. The van der Waals surface area contributed by atoms with Gasteiger partial charge in [0.1, 0.15) is 5.60 Å². The third kappa shape index (κ3) is 3.10. The van der Waals surface area contributed by atoms with Crippen LogP contribution in [0.25, 0.3) is 0 Å². The Labute approximate surface area is 110 Å². The van der Waals surface area contributed by atoms with Crippen LogP contribution in [0.2, 0.25) is 0 Å². The van der Waals surface area contributed by atoms with Crippen LogP contribution in [0.5, 0.6) is 0 Å². The quantitative estimate of drug-likeness (QED) is 0.806. The van der Waals surface area contributed by atoms with E-state index in [1.165, 1.54) is 5.56 Å². The number of benzene rings is 1. The highest BCUT2D eigenvalue weighted by atomic mass is 16.5. The lowest BCUT2D eigenvalue weighted by Crippen LogP contribution is -2.62. The van der Waals surface area contributed by atoms with Gasteiger partial charge in [0.05, 0.1) is 13.1 Å². The molecule has 0 radical (unpaired) electrons. The van der Waals surface area contributed by atoms with Gasteiger partial charge in [-0.3, -0.25) is 4.79 Å². The molecule has 1 saturated heterocycles. The van der Waals surface area contributed by atoms with Crippen molar-refractivity contribution in [3.8, 4) is 0 Å². The summed E-state index contributed by atoms with van der Waals surface area (Å²) >= 11 is 0. The van der Waals surface area contributed by atoms with Crippen LogP contribution in [0.15, 0.2) is 24.3 Å². The molecule has 1 aliphatic heterocycles. The summed E-state index contributed by atoms with van der Waals surface area (Å²) in [6.45, 7) is 9.39. The number of hydrogen-bond donors (Lipinski definition) is 0. The molecule has 2 rings (SSSR count). The van der Waals surface area contributed by atoms with Crippen molar-refractivity contribution < 1.29 is 9.53 Å². The van der Waals surface area contributed by atoms with Crippen LogP contribution in [0.3, 0.4) is 0 Å². The second-order valence-electron chi connectivity index (χ2n) is 4.68. The van der Waals surface area contributed by atoms with Gasteiger partial charge in [0.15, 0.2) is 0 Å². The largest absolute Gasteiger partial charge is 0.375 e. The van der Waals surface area contributed by atoms with Crippen molar-refractivity contribution in [3.05, 3.63) is 35.4 Å². The van der Waals surface area contributed by atoms with Gasteiger partial charge < -0.3 is 9.64 Å². The van der Waals surface area contributed by atoms with Gasteiger partial charge in [0, 0.05) is 12.7 Å². The van der Waals surface area contributed by atoms with Gasteiger partial charge in [-0.15, -0.1) is 0 Å². The monoisotopic (exact) mass is 249 g/mol. The van der Waals surface area contributed by atoms with Crippen LogP contribution in [0, 0.1) is 6.92 Å². The lowest BCUT2D eigenvalue weighted by atomic mass is 9.95. The third-order valence-corrected chi connectivity index (χ3v) is 3.13. The Morgan fingerprint density at radius 1 is 1.22 bits per heavy atom. The predicted octanol–water partition coefficient (Wildman–Crippen LogP) is 2.88. The SMILES string of the molecule is CC.COC1(C)CN(C(=O)c2ccc(C)cc2)C1. The minimum Gasteiger partial charge on any atom is -0.375 e. The summed E-state index contributed by atoms with van der Waals surface area (Å²) in [5.41, 5.74) is 1.77. The highest BCUT2D eigenvalue weighted by Gasteiger charge is 2.41. The molecule has 0 bridgehead atoms. The van der Waals surface area contributed by atoms with Crippen molar-refractivity contribution >= 4 is 5.91 Å². The number of aryl methyl sites for hydroxylation is 1. The number of amides is 1. The molecule has 1 amide bonds. The van der Waals surface area contributed by atoms with E-state index in [2.05, 4.69) is 0 Å². The highest BCUT2D eigenvalue weighted by molar-refractivity contribution is 5.95. The van der Waals surface area contributed by atoms with Gasteiger partial charge >= 0.3 is 0 Å². The first-order valence-electron chi connectivity index (χ1n) is 6.45. The fourth-order valence-corrected chi connectivity index (χ4v) is 1.91. The van der Waals surface area contributed by atoms with E-state index in [-0.39, 0.29) is 11.5 Å². The van der Waals surface area contributed by atoms with Gasteiger partial charge in [-0.05, 0) is 26.0 Å². The maximum absolute atomic E-state index is 12.0. The number of likely N-dealkylation sites (tertiary alicyclic amines) is 1. The van der Waals surface area contributed by atoms with Crippen molar-refractivity contribution in [1.29, 1.82) is 0 Å². The van der Waals surface area contributed by atoms with Gasteiger partial charge in [0.2, 0.25) is 0 Å². The number of nitrogens with zero attached hydrogens (tertiary/aromatic N) is 1. The van der Waals surface area contributed by atoms with E-state index in [9.17, 15) is 4.79 Å². The molecule has 1 heterocycles. The maximum atomic E-state index is 12.0. The van der Waals surface area contributed by atoms with Crippen molar-refractivity contribution in [2.75, 3.05) is 20.2 Å². The summed E-state index contributed by atoms with van der Waals surface area (Å²) in [4.78, 5) is 13.8. The first-order valence-corrected chi connectivity index (χ1v) is 6.45. The maximum Gasteiger partial charge on any atom is 0.254 e. The zero-order valence-electron chi connectivity index (χ0n) is 12.0. The standard InChI is InChI=1S/C13H17NO2.C2H6/c1-10-4-6-11(7-5-10)12(15)14-8-13(2,9-14)16-3;1-2/h4-7H,8-9H2,1-3H3;1-2H3. The molecule has 0 saturated carbocycles. The molecule has 0 aliphatic carbocycles. The molecule has 0 spiro atoms. The van der Waals surface area contributed by atoms with Crippen LogP contribution in [0.4, 0.5) is 0 Å². The van der Waals surface area contributed by atoms with E-state index in [1.54, 1.807) is 7.11 Å². The normalized spacial score (nSPS) is 16.4. The van der Waals surface area contributed by atoms with E-state index in [4.69, 9.17) is 4.74 Å². The Balaban J connectivity index is 0.000000771. The summed E-state index contributed by atoms with van der Waals surface area (Å²) < 4.78 is 5.32. The summed E-state index contributed by atoms with van der Waals surface area (Å²) in [5.74, 6) is 0.0922. The van der Waals surface area contributed by atoms with Crippen LogP contribution >= 0.6 is 0 Å². The molecule has 1 fully saturated rings. The van der Waals surface area contributed by atoms with E-state index >= 15 is 0 Å². The van der Waals surface area contributed by atoms with Crippen LogP contribution in [0.1, 0.15) is 36.7 Å². The molecule has 1 aromatic carbocycles. The van der Waals surface area contributed by atoms with E-state index in [0.717, 1.165) is 5.56 Å². The topological polar surface area (TPSA) is 29.5 Å². The van der Waals surface area contributed by atoms with Crippen LogP contribution < -0.4 is 0 Å². The molecule has 0 atom stereocenters. The van der Waals surface area contributed by atoms with Crippen molar-refractivity contribution in [2.45, 2.75) is 33.3 Å². The number of rotatable bonds is 2. The Morgan fingerprint density at radius 3 is 2.17 bits per heavy atom. The number of ether oxygens (including phenoxy) is 1. The summed E-state index contributed by atoms with van der Waals surface area (Å²) in [6.07, 6.45) is 0. The lowest BCUT2D eigenvalue weighted by molar-refractivity contribution is -0.0947. The minimum atomic E-state index is -0.152. The van der Waals surface area contributed by atoms with Crippen molar-refractivity contribution in [2.24, 2.45) is 0 Å². The zero-order chi connectivity index (χ0) is 13.8. The molecule has 0 N–H and O–H groups in total. The smallest absolute Gasteiger partial charge is 0.254 e. The lowest BCUT2D eigenvalue weighted by Gasteiger charge is -2.46. The predicted molar refractivity (Wildman–Crippen MR) is 73.8 cm³/mol. The van der Waals surface area contributed by atoms with Crippen molar-refractivity contribution in [3.63, 3.8) is 0 Å². The molecule has 3 heteroatoms. The van der Waals surface area contributed by atoms with Gasteiger partial charge in [-0.25, -0.2) is 0 Å². The minimum absolute atomic E-state index is 0.0922. The van der Waals surface area contributed by atoms with E-state index in [1.807, 2.05) is 56.9 Å². The number of carbonyl (C=O) groups is 1. The highest BCUT2D eigenvalue weighted by Crippen LogP contribution is 2.25.